The SMILES string of the molecule is CC1OC(OC2C(O)C(O)OC(CO)C2O)C(O)C(O)C1OC1OC(CO)C(O)C(O)C1O. The molecule has 3 saturated heterocycles. The van der Waals surface area contributed by atoms with Gasteiger partial charge < -0.3 is 74.7 Å². The van der Waals surface area contributed by atoms with Crippen molar-refractivity contribution in [2.75, 3.05) is 13.2 Å². The van der Waals surface area contributed by atoms with Crippen LogP contribution in [0.2, 0.25) is 0 Å². The van der Waals surface area contributed by atoms with Crippen LogP contribution in [0.15, 0.2) is 0 Å². The van der Waals surface area contributed by atoms with E-state index in [1.54, 1.807) is 0 Å². The third-order valence-corrected chi connectivity index (χ3v) is 6.05. The fourth-order valence-corrected chi connectivity index (χ4v) is 4.02. The molecular formula is C18H32O15. The summed E-state index contributed by atoms with van der Waals surface area (Å²) < 4.78 is 26.5. The van der Waals surface area contributed by atoms with E-state index in [2.05, 4.69) is 0 Å². The zero-order valence-corrected chi connectivity index (χ0v) is 17.6. The van der Waals surface area contributed by atoms with Crippen molar-refractivity contribution in [3.63, 3.8) is 0 Å². The number of aliphatic hydroxyl groups excluding tert-OH is 10. The maximum atomic E-state index is 10.6. The normalized spacial score (nSPS) is 53.7. The Morgan fingerprint density at radius 1 is 0.545 bits per heavy atom. The van der Waals surface area contributed by atoms with Gasteiger partial charge in [-0.3, -0.25) is 0 Å². The summed E-state index contributed by atoms with van der Waals surface area (Å²) in [5.74, 6) is 0. The molecule has 0 spiro atoms. The summed E-state index contributed by atoms with van der Waals surface area (Å²) in [6.07, 6.45) is -23.5. The number of hydrogen-bond acceptors (Lipinski definition) is 15. The second kappa shape index (κ2) is 11.0. The highest BCUT2D eigenvalue weighted by Crippen LogP contribution is 2.31. The van der Waals surface area contributed by atoms with Crippen molar-refractivity contribution in [3.05, 3.63) is 0 Å². The van der Waals surface area contributed by atoms with Crippen molar-refractivity contribution in [1.82, 2.24) is 0 Å². The molecule has 0 aliphatic carbocycles. The number of hydrogen-bond donors (Lipinski definition) is 10. The van der Waals surface area contributed by atoms with E-state index in [1.807, 2.05) is 0 Å². The third-order valence-electron chi connectivity index (χ3n) is 6.05. The van der Waals surface area contributed by atoms with Gasteiger partial charge in [0.15, 0.2) is 18.9 Å². The lowest BCUT2D eigenvalue weighted by Gasteiger charge is -2.47. The van der Waals surface area contributed by atoms with Crippen LogP contribution in [-0.4, -0.2) is 156 Å². The molecule has 10 N–H and O–H groups in total. The molecule has 33 heavy (non-hydrogen) atoms. The smallest absolute Gasteiger partial charge is 0.187 e. The molecule has 15 atom stereocenters. The average molecular weight is 488 g/mol. The predicted molar refractivity (Wildman–Crippen MR) is 99.8 cm³/mol. The molecule has 3 aliphatic rings. The van der Waals surface area contributed by atoms with E-state index in [-0.39, 0.29) is 0 Å². The lowest BCUT2D eigenvalue weighted by molar-refractivity contribution is -0.374. The first-order chi connectivity index (χ1) is 15.5. The lowest BCUT2D eigenvalue weighted by atomic mass is 9.96. The van der Waals surface area contributed by atoms with Gasteiger partial charge in [0.2, 0.25) is 0 Å². The van der Waals surface area contributed by atoms with Gasteiger partial charge in [0.1, 0.15) is 67.1 Å². The molecule has 0 aromatic heterocycles. The average Bonchev–Trinajstić information content (AvgIpc) is 2.79. The minimum Gasteiger partial charge on any atom is -0.394 e. The van der Waals surface area contributed by atoms with Crippen LogP contribution in [0.4, 0.5) is 0 Å². The maximum absolute atomic E-state index is 10.6. The zero-order valence-electron chi connectivity index (χ0n) is 17.6. The third kappa shape index (κ3) is 5.32. The zero-order chi connectivity index (χ0) is 24.6. The Labute approximate surface area is 187 Å². The van der Waals surface area contributed by atoms with E-state index >= 15 is 0 Å². The molecule has 3 fully saturated rings. The highest BCUT2D eigenvalue weighted by Gasteiger charge is 2.52. The quantitative estimate of drug-likeness (QED) is 0.167. The van der Waals surface area contributed by atoms with Gasteiger partial charge in [0.05, 0.1) is 19.3 Å². The second-order valence-electron chi connectivity index (χ2n) is 8.32. The summed E-state index contributed by atoms with van der Waals surface area (Å²) in [5.41, 5.74) is 0. The molecule has 0 aromatic rings. The van der Waals surface area contributed by atoms with Crippen LogP contribution in [0.5, 0.6) is 0 Å². The summed E-state index contributed by atoms with van der Waals surface area (Å²) in [4.78, 5) is 0. The first-order valence-corrected chi connectivity index (χ1v) is 10.4. The van der Waals surface area contributed by atoms with Crippen molar-refractivity contribution < 1.29 is 74.7 Å². The van der Waals surface area contributed by atoms with Gasteiger partial charge in [0.25, 0.3) is 0 Å². The van der Waals surface area contributed by atoms with Gasteiger partial charge in [-0.15, -0.1) is 0 Å². The van der Waals surface area contributed by atoms with Crippen LogP contribution in [0, 0.1) is 0 Å². The maximum Gasteiger partial charge on any atom is 0.187 e. The standard InChI is InChI=1S/C18H32O15/c1-4-14(32-18-11(25)9(23)7(21)5(2-19)31-18)10(24)12(26)17(29-4)33-15-8(22)6(3-20)30-16(28)13(15)27/h4-28H,2-3H2,1H3. The Bertz CT molecular complexity index is 624. The minimum absolute atomic E-state index is 0.695. The van der Waals surface area contributed by atoms with Crippen molar-refractivity contribution in [1.29, 1.82) is 0 Å². The van der Waals surface area contributed by atoms with Crippen LogP contribution in [0.1, 0.15) is 6.92 Å². The van der Waals surface area contributed by atoms with Crippen molar-refractivity contribution in [2.24, 2.45) is 0 Å². The van der Waals surface area contributed by atoms with Gasteiger partial charge in [-0.2, -0.15) is 0 Å². The molecule has 15 unspecified atom stereocenters. The fourth-order valence-electron chi connectivity index (χ4n) is 4.02. The van der Waals surface area contributed by atoms with Gasteiger partial charge in [0, 0.05) is 0 Å². The van der Waals surface area contributed by atoms with Crippen LogP contribution in [0.3, 0.4) is 0 Å². The van der Waals surface area contributed by atoms with Crippen molar-refractivity contribution in [3.8, 4) is 0 Å². The molecule has 0 saturated carbocycles. The number of ether oxygens (including phenoxy) is 5. The molecule has 15 heteroatoms. The minimum atomic E-state index is -1.82. The van der Waals surface area contributed by atoms with E-state index in [1.165, 1.54) is 6.92 Å². The highest BCUT2D eigenvalue weighted by molar-refractivity contribution is 4.95. The first-order valence-electron chi connectivity index (χ1n) is 10.4. The molecule has 0 bridgehead atoms. The van der Waals surface area contributed by atoms with Crippen LogP contribution in [0.25, 0.3) is 0 Å². The van der Waals surface area contributed by atoms with E-state index < -0.39 is 105 Å². The summed E-state index contributed by atoms with van der Waals surface area (Å²) in [7, 11) is 0. The molecule has 0 amide bonds. The first kappa shape index (κ1) is 27.0. The second-order valence-corrected chi connectivity index (χ2v) is 8.32. The Hall–Kier alpha value is -0.600. The predicted octanol–water partition coefficient (Wildman–Crippen LogP) is -6.55. The lowest BCUT2D eigenvalue weighted by Crippen LogP contribution is -2.65. The Morgan fingerprint density at radius 3 is 1.67 bits per heavy atom. The molecule has 15 nitrogen and oxygen atoms in total. The van der Waals surface area contributed by atoms with Crippen molar-refractivity contribution >= 4 is 0 Å². The van der Waals surface area contributed by atoms with Gasteiger partial charge in [-0.1, -0.05) is 0 Å². The Balaban J connectivity index is 1.67. The summed E-state index contributed by atoms with van der Waals surface area (Å²) in [6.45, 7) is 0.00827. The van der Waals surface area contributed by atoms with E-state index in [0.29, 0.717) is 0 Å². The summed E-state index contributed by atoms with van der Waals surface area (Å²) >= 11 is 0. The largest absolute Gasteiger partial charge is 0.394 e. The van der Waals surface area contributed by atoms with Gasteiger partial charge in [-0.05, 0) is 6.92 Å². The molecule has 0 radical (unpaired) electrons. The molecule has 3 heterocycles. The number of rotatable bonds is 6. The van der Waals surface area contributed by atoms with E-state index in [9.17, 15) is 51.1 Å². The molecule has 194 valence electrons. The van der Waals surface area contributed by atoms with Crippen molar-refractivity contribution in [2.45, 2.75) is 99.0 Å². The Morgan fingerprint density at radius 2 is 1.06 bits per heavy atom. The molecule has 3 rings (SSSR count). The Kier molecular flexibility index (Phi) is 8.99. The van der Waals surface area contributed by atoms with Gasteiger partial charge in [-0.25, -0.2) is 0 Å². The summed E-state index contributed by atoms with van der Waals surface area (Å²) in [5, 5.41) is 99.5. The summed E-state index contributed by atoms with van der Waals surface area (Å²) in [6, 6.07) is 0. The number of aliphatic hydroxyl groups is 10. The fraction of sp³-hybridized carbons (Fsp3) is 1.00. The molecule has 3 aliphatic heterocycles. The van der Waals surface area contributed by atoms with E-state index in [4.69, 9.17) is 23.7 Å². The van der Waals surface area contributed by atoms with E-state index in [0.717, 1.165) is 0 Å². The van der Waals surface area contributed by atoms with Gasteiger partial charge >= 0.3 is 0 Å². The van der Waals surface area contributed by atoms with Crippen LogP contribution < -0.4 is 0 Å². The monoisotopic (exact) mass is 488 g/mol. The highest BCUT2D eigenvalue weighted by atomic mass is 16.7. The topological polar surface area (TPSA) is 248 Å². The molecular weight excluding hydrogens is 456 g/mol. The molecule has 0 aromatic carbocycles. The van der Waals surface area contributed by atoms with Crippen LogP contribution in [-0.2, 0) is 23.7 Å². The van der Waals surface area contributed by atoms with Crippen LogP contribution >= 0.6 is 0 Å².